The first-order chi connectivity index (χ1) is 12.4. The van der Waals surface area contributed by atoms with Crippen LogP contribution in [0.1, 0.15) is 16.8 Å². The fourth-order valence-corrected chi connectivity index (χ4v) is 2.34. The molecule has 0 bridgehead atoms. The Kier molecular flexibility index (Phi) is 6.48. The minimum Gasteiger partial charge on any atom is -0.495 e. The maximum absolute atomic E-state index is 12.9. The molecule has 0 unspecified atom stereocenters. The lowest BCUT2D eigenvalue weighted by molar-refractivity contribution is -0.117. The van der Waals surface area contributed by atoms with Gasteiger partial charge in [0.1, 0.15) is 11.5 Å². The number of carbonyl (C=O) groups is 2. The number of hydrogen-bond donors (Lipinski definition) is 1. The number of anilines is 1. The highest BCUT2D eigenvalue weighted by molar-refractivity contribution is 6.07. The van der Waals surface area contributed by atoms with E-state index in [9.17, 15) is 18.4 Å². The molecule has 0 radical (unpaired) electrons. The number of ether oxygens (including phenoxy) is 2. The minimum atomic E-state index is -2.95. The van der Waals surface area contributed by atoms with Crippen molar-refractivity contribution in [2.75, 3.05) is 18.6 Å². The van der Waals surface area contributed by atoms with Gasteiger partial charge in [-0.15, -0.1) is 0 Å². The molecule has 0 aromatic heterocycles. The maximum atomic E-state index is 12.9. The third-order valence-corrected chi connectivity index (χ3v) is 3.53. The summed E-state index contributed by atoms with van der Waals surface area (Å²) in [6.45, 7) is -2.90. The average Bonchev–Trinajstić information content (AvgIpc) is 2.62. The van der Waals surface area contributed by atoms with E-state index in [1.54, 1.807) is 24.3 Å². The molecule has 2 aromatic carbocycles. The molecule has 2 amide bonds. The van der Waals surface area contributed by atoms with E-state index in [-0.39, 0.29) is 24.3 Å². The Labute approximate surface area is 149 Å². The largest absolute Gasteiger partial charge is 0.495 e. The second-order valence-corrected chi connectivity index (χ2v) is 5.25. The van der Waals surface area contributed by atoms with Crippen LogP contribution in [-0.2, 0) is 4.79 Å². The highest BCUT2D eigenvalue weighted by atomic mass is 19.3. The number of benzene rings is 2. The number of nitrogens with two attached hydrogens (primary N) is 1. The molecular formula is C18H18F2N2O4. The van der Waals surface area contributed by atoms with Crippen LogP contribution in [0.4, 0.5) is 14.5 Å². The van der Waals surface area contributed by atoms with Gasteiger partial charge in [-0.05, 0) is 36.4 Å². The number of amides is 2. The summed E-state index contributed by atoms with van der Waals surface area (Å²) in [5.74, 6) is -0.599. The van der Waals surface area contributed by atoms with Gasteiger partial charge in [0, 0.05) is 18.5 Å². The van der Waals surface area contributed by atoms with Crippen molar-refractivity contribution in [3.63, 3.8) is 0 Å². The van der Waals surface area contributed by atoms with Crippen molar-refractivity contribution in [2.45, 2.75) is 13.0 Å². The zero-order chi connectivity index (χ0) is 19.1. The van der Waals surface area contributed by atoms with Gasteiger partial charge in [0.25, 0.3) is 5.91 Å². The molecule has 2 rings (SSSR count). The quantitative estimate of drug-likeness (QED) is 0.781. The van der Waals surface area contributed by atoms with E-state index in [2.05, 4.69) is 4.74 Å². The lowest BCUT2D eigenvalue weighted by Crippen LogP contribution is -2.34. The molecule has 0 saturated heterocycles. The highest BCUT2D eigenvalue weighted by Gasteiger charge is 2.21. The van der Waals surface area contributed by atoms with Gasteiger partial charge >= 0.3 is 6.61 Å². The lowest BCUT2D eigenvalue weighted by atomic mass is 10.1. The molecule has 8 heteroatoms. The molecule has 0 spiro atoms. The van der Waals surface area contributed by atoms with Gasteiger partial charge in [0.15, 0.2) is 0 Å². The SMILES string of the molecule is COc1ccccc1N(CCC(N)=O)C(=O)c1ccc(OC(F)F)cc1. The van der Waals surface area contributed by atoms with Gasteiger partial charge in [-0.25, -0.2) is 0 Å². The summed E-state index contributed by atoms with van der Waals surface area (Å²) in [7, 11) is 1.46. The van der Waals surface area contributed by atoms with Crippen LogP contribution in [0.15, 0.2) is 48.5 Å². The van der Waals surface area contributed by atoms with Crippen LogP contribution >= 0.6 is 0 Å². The number of carbonyl (C=O) groups excluding carboxylic acids is 2. The van der Waals surface area contributed by atoms with Crippen molar-refractivity contribution in [1.82, 2.24) is 0 Å². The summed E-state index contributed by atoms with van der Waals surface area (Å²) < 4.78 is 34.0. The molecule has 2 N–H and O–H groups in total. The third-order valence-electron chi connectivity index (χ3n) is 3.53. The Balaban J connectivity index is 2.32. The van der Waals surface area contributed by atoms with E-state index in [4.69, 9.17) is 10.5 Å². The first-order valence-corrected chi connectivity index (χ1v) is 7.70. The number of primary amides is 1. The normalized spacial score (nSPS) is 10.5. The number of hydrogen-bond acceptors (Lipinski definition) is 4. The van der Waals surface area contributed by atoms with Gasteiger partial charge in [0.05, 0.1) is 12.8 Å². The Morgan fingerprint density at radius 3 is 2.35 bits per heavy atom. The molecule has 0 atom stereocenters. The number of alkyl halides is 2. The monoisotopic (exact) mass is 364 g/mol. The van der Waals surface area contributed by atoms with Crippen molar-refractivity contribution in [1.29, 1.82) is 0 Å². The molecule has 0 aliphatic carbocycles. The van der Waals surface area contributed by atoms with E-state index in [1.165, 1.54) is 36.3 Å². The molecule has 2 aromatic rings. The van der Waals surface area contributed by atoms with Gasteiger partial charge in [0.2, 0.25) is 5.91 Å². The van der Waals surface area contributed by atoms with Crippen LogP contribution < -0.4 is 20.1 Å². The van der Waals surface area contributed by atoms with Crippen LogP contribution in [0.3, 0.4) is 0 Å². The van der Waals surface area contributed by atoms with Gasteiger partial charge in [-0.3, -0.25) is 9.59 Å². The first kappa shape index (κ1) is 19.2. The van der Waals surface area contributed by atoms with Crippen LogP contribution in [0.2, 0.25) is 0 Å². The summed E-state index contributed by atoms with van der Waals surface area (Å²) in [5.41, 5.74) is 5.90. The van der Waals surface area contributed by atoms with Crippen molar-refractivity contribution in [2.24, 2.45) is 5.73 Å². The molecule has 138 valence electrons. The lowest BCUT2D eigenvalue weighted by Gasteiger charge is -2.24. The van der Waals surface area contributed by atoms with Crippen LogP contribution in [0.25, 0.3) is 0 Å². The van der Waals surface area contributed by atoms with Crippen molar-refractivity contribution >= 4 is 17.5 Å². The van der Waals surface area contributed by atoms with Crippen LogP contribution in [0.5, 0.6) is 11.5 Å². The number of halogens is 2. The number of methoxy groups -OCH3 is 1. The summed E-state index contributed by atoms with van der Waals surface area (Å²) in [4.78, 5) is 25.4. The average molecular weight is 364 g/mol. The predicted molar refractivity (Wildman–Crippen MR) is 91.6 cm³/mol. The summed E-state index contributed by atoms with van der Waals surface area (Å²) in [5, 5.41) is 0. The molecule has 26 heavy (non-hydrogen) atoms. The predicted octanol–water partition coefficient (Wildman–Crippen LogP) is 2.82. The Hall–Kier alpha value is -3.16. The summed E-state index contributed by atoms with van der Waals surface area (Å²) in [6, 6.07) is 12.1. The van der Waals surface area contributed by atoms with Crippen molar-refractivity contribution in [3.05, 3.63) is 54.1 Å². The summed E-state index contributed by atoms with van der Waals surface area (Å²) >= 11 is 0. The smallest absolute Gasteiger partial charge is 0.387 e. The minimum absolute atomic E-state index is 0.0453. The number of para-hydroxylation sites is 2. The fourth-order valence-electron chi connectivity index (χ4n) is 2.34. The molecular weight excluding hydrogens is 346 g/mol. The maximum Gasteiger partial charge on any atom is 0.387 e. The first-order valence-electron chi connectivity index (χ1n) is 7.70. The molecule has 0 aliphatic rings. The Morgan fingerprint density at radius 1 is 1.12 bits per heavy atom. The standard InChI is InChI=1S/C18H18F2N2O4/c1-25-15-5-3-2-4-14(15)22(11-10-16(21)23)17(24)12-6-8-13(9-7-12)26-18(19)20/h2-9,18H,10-11H2,1H3,(H2,21,23). The van der Waals surface area contributed by atoms with Crippen molar-refractivity contribution in [3.8, 4) is 11.5 Å². The van der Waals surface area contributed by atoms with E-state index < -0.39 is 18.4 Å². The molecule has 0 aliphatic heterocycles. The van der Waals surface area contributed by atoms with Crippen molar-refractivity contribution < 1.29 is 27.8 Å². The zero-order valence-corrected chi connectivity index (χ0v) is 14.0. The molecule has 0 heterocycles. The topological polar surface area (TPSA) is 81.9 Å². The third kappa shape index (κ3) is 4.92. The number of nitrogens with zero attached hydrogens (tertiary/aromatic N) is 1. The number of rotatable bonds is 8. The highest BCUT2D eigenvalue weighted by Crippen LogP contribution is 2.29. The molecule has 0 saturated carbocycles. The van der Waals surface area contributed by atoms with E-state index >= 15 is 0 Å². The van der Waals surface area contributed by atoms with E-state index in [0.29, 0.717) is 11.4 Å². The van der Waals surface area contributed by atoms with Crippen LogP contribution in [0, 0.1) is 0 Å². The van der Waals surface area contributed by atoms with E-state index in [0.717, 1.165) is 0 Å². The van der Waals surface area contributed by atoms with E-state index in [1.807, 2.05) is 0 Å². The van der Waals surface area contributed by atoms with Crippen LogP contribution in [-0.4, -0.2) is 32.1 Å². The second-order valence-electron chi connectivity index (χ2n) is 5.25. The van der Waals surface area contributed by atoms with Gasteiger partial charge in [-0.1, -0.05) is 12.1 Å². The van der Waals surface area contributed by atoms with Gasteiger partial charge in [-0.2, -0.15) is 8.78 Å². The van der Waals surface area contributed by atoms with Gasteiger partial charge < -0.3 is 20.1 Å². The second kappa shape index (κ2) is 8.80. The summed E-state index contributed by atoms with van der Waals surface area (Å²) in [6.07, 6.45) is -0.0453. The zero-order valence-electron chi connectivity index (χ0n) is 14.0. The fraction of sp³-hybridized carbons (Fsp3) is 0.222. The Bertz CT molecular complexity index is 766. The molecule has 6 nitrogen and oxygen atoms in total. The molecule has 0 fully saturated rings. The Morgan fingerprint density at radius 2 is 1.77 bits per heavy atom.